The lowest BCUT2D eigenvalue weighted by Crippen LogP contribution is -2.00. The van der Waals surface area contributed by atoms with Gasteiger partial charge in [0.15, 0.2) is 17.5 Å². The lowest BCUT2D eigenvalue weighted by molar-refractivity contribution is 0.669. The number of fused-ring (bicyclic) bond motifs is 6. The Morgan fingerprint density at radius 2 is 0.786 bits per heavy atom. The summed E-state index contributed by atoms with van der Waals surface area (Å²) in [5.41, 5.74) is 11.5. The summed E-state index contributed by atoms with van der Waals surface area (Å²) in [6.07, 6.45) is 0. The van der Waals surface area contributed by atoms with Crippen molar-refractivity contribution < 1.29 is 4.42 Å². The van der Waals surface area contributed by atoms with E-state index in [4.69, 9.17) is 19.4 Å². The fourth-order valence-electron chi connectivity index (χ4n) is 7.71. The van der Waals surface area contributed by atoms with Gasteiger partial charge in [0.1, 0.15) is 11.2 Å². The van der Waals surface area contributed by atoms with Crippen molar-refractivity contribution in [1.29, 1.82) is 0 Å². The number of hydrogen-bond donors (Lipinski definition) is 0. The molecule has 0 N–H and O–H groups in total. The Hall–Kier alpha value is -7.21. The van der Waals surface area contributed by atoms with Gasteiger partial charge in [-0.15, -0.1) is 11.3 Å². The van der Waals surface area contributed by atoms with Gasteiger partial charge in [-0.3, -0.25) is 0 Å². The van der Waals surface area contributed by atoms with Crippen LogP contribution in [0.1, 0.15) is 0 Å². The molecular formula is C51H31N3OS. The first-order valence-electron chi connectivity index (χ1n) is 18.7. The molecule has 0 amide bonds. The summed E-state index contributed by atoms with van der Waals surface area (Å²) in [5.74, 6) is 1.84. The lowest BCUT2D eigenvalue weighted by atomic mass is 10.0. The van der Waals surface area contributed by atoms with Crippen LogP contribution in [0.3, 0.4) is 0 Å². The van der Waals surface area contributed by atoms with E-state index < -0.39 is 0 Å². The molecule has 5 heteroatoms. The molecule has 4 nitrogen and oxygen atoms in total. The molecule has 3 heterocycles. The largest absolute Gasteiger partial charge is 0.456 e. The fraction of sp³-hybridized carbons (Fsp3) is 0. The van der Waals surface area contributed by atoms with E-state index in [1.807, 2.05) is 47.7 Å². The molecule has 11 aromatic rings. The Balaban J connectivity index is 0.967. The van der Waals surface area contributed by atoms with Crippen LogP contribution in [0, 0.1) is 0 Å². The van der Waals surface area contributed by atoms with Crippen molar-refractivity contribution in [2.24, 2.45) is 0 Å². The molecule has 0 bridgehead atoms. The van der Waals surface area contributed by atoms with Crippen LogP contribution >= 0.6 is 11.3 Å². The third-order valence-corrected chi connectivity index (χ3v) is 11.8. The van der Waals surface area contributed by atoms with Crippen LogP contribution in [0.4, 0.5) is 0 Å². The highest BCUT2D eigenvalue weighted by Crippen LogP contribution is 2.42. The lowest BCUT2D eigenvalue weighted by Gasteiger charge is -2.09. The third kappa shape index (κ3) is 5.65. The van der Waals surface area contributed by atoms with Crippen molar-refractivity contribution >= 4 is 53.4 Å². The van der Waals surface area contributed by atoms with Gasteiger partial charge < -0.3 is 4.42 Å². The summed E-state index contributed by atoms with van der Waals surface area (Å²) in [7, 11) is 0. The number of hydrogen-bond acceptors (Lipinski definition) is 5. The molecule has 11 rings (SSSR count). The summed E-state index contributed by atoms with van der Waals surface area (Å²) in [4.78, 5) is 14.9. The summed E-state index contributed by atoms with van der Waals surface area (Å²) in [6, 6.07) is 65.7. The Morgan fingerprint density at radius 3 is 1.45 bits per heavy atom. The number of thiophene rings is 1. The Morgan fingerprint density at radius 1 is 0.321 bits per heavy atom. The minimum absolute atomic E-state index is 0.594. The molecule has 0 saturated heterocycles. The van der Waals surface area contributed by atoms with E-state index in [-0.39, 0.29) is 0 Å². The first kappa shape index (κ1) is 32.2. The number of furan rings is 1. The molecule has 0 radical (unpaired) electrons. The van der Waals surface area contributed by atoms with Crippen molar-refractivity contribution in [3.63, 3.8) is 0 Å². The Bertz CT molecular complexity index is 3230. The van der Waals surface area contributed by atoms with Crippen molar-refractivity contribution in [2.75, 3.05) is 0 Å². The molecule has 0 saturated carbocycles. The van der Waals surface area contributed by atoms with Crippen LogP contribution in [0.25, 0.3) is 110 Å². The van der Waals surface area contributed by atoms with E-state index >= 15 is 0 Å². The van der Waals surface area contributed by atoms with E-state index in [1.54, 1.807) is 0 Å². The van der Waals surface area contributed by atoms with Crippen molar-refractivity contribution in [3.8, 4) is 67.5 Å². The highest BCUT2D eigenvalue weighted by molar-refractivity contribution is 7.26. The average Bonchev–Trinajstić information content (AvgIpc) is 3.84. The molecule has 56 heavy (non-hydrogen) atoms. The Kier molecular flexibility index (Phi) is 7.64. The van der Waals surface area contributed by atoms with Gasteiger partial charge in [-0.05, 0) is 63.7 Å². The van der Waals surface area contributed by atoms with Gasteiger partial charge in [0, 0.05) is 47.6 Å². The molecular weight excluding hydrogens is 703 g/mol. The van der Waals surface area contributed by atoms with Gasteiger partial charge in [0.05, 0.1) is 0 Å². The van der Waals surface area contributed by atoms with E-state index in [9.17, 15) is 0 Å². The second-order valence-electron chi connectivity index (χ2n) is 14.0. The minimum Gasteiger partial charge on any atom is -0.456 e. The molecule has 8 aromatic carbocycles. The average molecular weight is 734 g/mol. The third-order valence-electron chi connectivity index (χ3n) is 10.6. The van der Waals surface area contributed by atoms with Gasteiger partial charge in [0.2, 0.25) is 0 Å². The highest BCUT2D eigenvalue weighted by atomic mass is 32.1. The maximum Gasteiger partial charge on any atom is 0.164 e. The highest BCUT2D eigenvalue weighted by Gasteiger charge is 2.16. The maximum absolute atomic E-state index is 6.59. The number of rotatable bonds is 6. The van der Waals surface area contributed by atoms with E-state index in [2.05, 4.69) is 152 Å². The molecule has 3 aromatic heterocycles. The van der Waals surface area contributed by atoms with Crippen molar-refractivity contribution in [1.82, 2.24) is 15.0 Å². The fourth-order valence-corrected chi connectivity index (χ4v) is 8.99. The normalized spacial score (nSPS) is 11.6. The Labute approximate surface area is 327 Å². The molecule has 0 aliphatic heterocycles. The van der Waals surface area contributed by atoms with Gasteiger partial charge in [-0.2, -0.15) is 0 Å². The van der Waals surface area contributed by atoms with Gasteiger partial charge in [0.25, 0.3) is 0 Å². The summed E-state index contributed by atoms with van der Waals surface area (Å²) in [6.45, 7) is 0. The monoisotopic (exact) mass is 733 g/mol. The zero-order valence-corrected chi connectivity index (χ0v) is 30.9. The van der Waals surface area contributed by atoms with Crippen LogP contribution in [0.5, 0.6) is 0 Å². The van der Waals surface area contributed by atoms with Gasteiger partial charge in [-0.25, -0.2) is 15.0 Å². The first-order valence-corrected chi connectivity index (χ1v) is 19.5. The van der Waals surface area contributed by atoms with Crippen LogP contribution in [-0.4, -0.2) is 15.0 Å². The SMILES string of the molecule is c1ccc(-c2ccc(-c3nc(-c4ccccc4)nc(-c4ccc5c(c4)oc4cc(-c6ccc7c(c6)sc6c(-c8ccccc8)cccc67)ccc45)n3)cc2)cc1. The maximum atomic E-state index is 6.59. The molecule has 0 unspecified atom stereocenters. The zero-order chi connectivity index (χ0) is 37.0. The summed E-state index contributed by atoms with van der Waals surface area (Å²) < 4.78 is 9.18. The van der Waals surface area contributed by atoms with E-state index in [0.29, 0.717) is 17.5 Å². The second-order valence-corrected chi connectivity index (χ2v) is 15.1. The number of nitrogens with zero attached hydrogens (tertiary/aromatic N) is 3. The molecule has 0 spiro atoms. The summed E-state index contributed by atoms with van der Waals surface area (Å²) >= 11 is 1.86. The van der Waals surface area contributed by atoms with E-state index in [0.717, 1.165) is 55.3 Å². The molecule has 0 fully saturated rings. The van der Waals surface area contributed by atoms with Gasteiger partial charge in [-0.1, -0.05) is 158 Å². The summed E-state index contributed by atoms with van der Waals surface area (Å²) in [5, 5.41) is 4.71. The first-order chi connectivity index (χ1) is 27.7. The predicted octanol–water partition coefficient (Wildman–Crippen LogP) is 14.1. The molecule has 0 atom stereocenters. The standard InChI is InChI=1S/C51H31N3OS/c1-4-11-32(12-5-1)33-19-21-36(22-20-33)50-52-49(35-15-8-3-9-16-35)53-51(54-50)39-25-27-42-41-26-23-37(29-45(41)55-46(42)30-39)38-24-28-43-44-18-10-17-40(34-13-6-2-7-14-34)48(44)56-47(43)31-38/h1-31H. The van der Waals surface area contributed by atoms with Crippen LogP contribution < -0.4 is 0 Å². The molecule has 262 valence electrons. The van der Waals surface area contributed by atoms with E-state index in [1.165, 1.54) is 36.9 Å². The van der Waals surface area contributed by atoms with Crippen LogP contribution in [0.2, 0.25) is 0 Å². The minimum atomic E-state index is 0.594. The van der Waals surface area contributed by atoms with Crippen molar-refractivity contribution in [2.45, 2.75) is 0 Å². The number of benzene rings is 8. The zero-order valence-electron chi connectivity index (χ0n) is 30.1. The van der Waals surface area contributed by atoms with Crippen LogP contribution in [-0.2, 0) is 0 Å². The smallest absolute Gasteiger partial charge is 0.164 e. The second kappa shape index (κ2) is 13.3. The quantitative estimate of drug-likeness (QED) is 0.171. The predicted molar refractivity (Wildman–Crippen MR) is 233 cm³/mol. The molecule has 0 aliphatic carbocycles. The van der Waals surface area contributed by atoms with Crippen LogP contribution in [0.15, 0.2) is 192 Å². The van der Waals surface area contributed by atoms with Gasteiger partial charge >= 0.3 is 0 Å². The van der Waals surface area contributed by atoms with Crippen molar-refractivity contribution in [3.05, 3.63) is 188 Å². The number of aromatic nitrogens is 3. The molecule has 0 aliphatic rings. The topological polar surface area (TPSA) is 51.8 Å².